The summed E-state index contributed by atoms with van der Waals surface area (Å²) in [5.41, 5.74) is 0.844. The summed E-state index contributed by atoms with van der Waals surface area (Å²) in [4.78, 5) is 12.6. The molecule has 29 heavy (non-hydrogen) atoms. The highest BCUT2D eigenvalue weighted by atomic mass is 79.9. The van der Waals surface area contributed by atoms with Gasteiger partial charge < -0.3 is 14.2 Å². The van der Waals surface area contributed by atoms with Gasteiger partial charge in [0.05, 0.1) is 0 Å². The lowest BCUT2D eigenvalue weighted by molar-refractivity contribution is -0.155. The molecule has 0 aromatic heterocycles. The normalized spacial score (nSPS) is 11.7. The molecule has 1 unspecified atom stereocenters. The van der Waals surface area contributed by atoms with Gasteiger partial charge in [-0.2, -0.15) is 0 Å². The number of rotatable bonds is 8. The van der Waals surface area contributed by atoms with Crippen molar-refractivity contribution in [1.29, 1.82) is 0 Å². The molecule has 3 aromatic carbocycles. The third-order valence-corrected chi connectivity index (χ3v) is 4.65. The molecule has 0 amide bonds. The van der Waals surface area contributed by atoms with Crippen LogP contribution in [-0.2, 0) is 16.1 Å². The highest BCUT2D eigenvalue weighted by Gasteiger charge is 2.26. The number of carbonyl (C=O) groups excluding carboxylic acids is 1. The largest absolute Gasteiger partial charge is 0.478 e. The van der Waals surface area contributed by atoms with E-state index in [1.54, 1.807) is 0 Å². The summed E-state index contributed by atoms with van der Waals surface area (Å²) in [6.45, 7) is 4.01. The van der Waals surface area contributed by atoms with Crippen LogP contribution in [0.4, 0.5) is 0 Å². The van der Waals surface area contributed by atoms with Crippen molar-refractivity contribution in [2.24, 2.45) is 5.92 Å². The second kappa shape index (κ2) is 10.1. The van der Waals surface area contributed by atoms with Crippen LogP contribution in [0.3, 0.4) is 0 Å². The van der Waals surface area contributed by atoms with E-state index in [2.05, 4.69) is 15.9 Å². The highest BCUT2D eigenvalue weighted by Crippen LogP contribution is 2.24. The van der Waals surface area contributed by atoms with Gasteiger partial charge in [-0.05, 0) is 48.0 Å². The first-order valence-electron chi connectivity index (χ1n) is 9.42. The Bertz CT molecular complexity index is 940. The number of carbonyl (C=O) groups is 1. The van der Waals surface area contributed by atoms with Crippen LogP contribution >= 0.6 is 15.9 Å². The van der Waals surface area contributed by atoms with E-state index in [0.717, 1.165) is 15.8 Å². The lowest BCUT2D eigenvalue weighted by atomic mass is 10.1. The number of ether oxygens (including phenoxy) is 3. The first-order valence-corrected chi connectivity index (χ1v) is 10.2. The number of hydrogen-bond acceptors (Lipinski definition) is 4. The number of hydrogen-bond donors (Lipinski definition) is 0. The Morgan fingerprint density at radius 1 is 0.862 bits per heavy atom. The van der Waals surface area contributed by atoms with Gasteiger partial charge in [0.15, 0.2) is 6.10 Å². The van der Waals surface area contributed by atoms with Crippen LogP contribution in [0, 0.1) is 5.92 Å². The van der Waals surface area contributed by atoms with E-state index < -0.39 is 12.1 Å². The predicted molar refractivity (Wildman–Crippen MR) is 116 cm³/mol. The molecule has 0 fully saturated rings. The average molecular weight is 455 g/mol. The molecular formula is C24H23BrO4. The molecule has 0 saturated carbocycles. The third-order valence-electron chi connectivity index (χ3n) is 4.16. The average Bonchev–Trinajstić information content (AvgIpc) is 2.71. The van der Waals surface area contributed by atoms with E-state index in [1.807, 2.05) is 92.7 Å². The quantitative estimate of drug-likeness (QED) is 0.370. The third kappa shape index (κ3) is 6.36. The van der Waals surface area contributed by atoms with E-state index in [0.29, 0.717) is 11.5 Å². The molecular weight excluding hydrogens is 432 g/mol. The summed E-state index contributed by atoms with van der Waals surface area (Å²) < 4.78 is 18.1. The zero-order chi connectivity index (χ0) is 20.6. The zero-order valence-corrected chi connectivity index (χ0v) is 18.0. The van der Waals surface area contributed by atoms with E-state index in [9.17, 15) is 4.79 Å². The number of para-hydroxylation sites is 1. The standard InChI is InChI=1S/C24H23BrO4/c1-17(2)23(29-22-13-7-9-19(25)15-22)24(26)27-16-18-8-6-12-21(14-18)28-20-10-4-3-5-11-20/h3-15,17,23H,16H2,1-2H3. The van der Waals surface area contributed by atoms with Crippen LogP contribution in [0.25, 0.3) is 0 Å². The summed E-state index contributed by atoms with van der Waals surface area (Å²) in [6.07, 6.45) is -0.687. The van der Waals surface area contributed by atoms with Crippen LogP contribution in [0.2, 0.25) is 0 Å². The molecule has 0 saturated heterocycles. The van der Waals surface area contributed by atoms with Crippen molar-refractivity contribution >= 4 is 21.9 Å². The molecule has 0 N–H and O–H groups in total. The minimum atomic E-state index is -0.687. The maximum atomic E-state index is 12.6. The van der Waals surface area contributed by atoms with E-state index in [1.165, 1.54) is 0 Å². The van der Waals surface area contributed by atoms with E-state index >= 15 is 0 Å². The molecule has 5 heteroatoms. The molecule has 3 aromatic rings. The lowest BCUT2D eigenvalue weighted by Gasteiger charge is -2.21. The molecule has 0 aliphatic rings. The van der Waals surface area contributed by atoms with E-state index in [-0.39, 0.29) is 12.5 Å². The first-order chi connectivity index (χ1) is 14.0. The van der Waals surface area contributed by atoms with Crippen LogP contribution in [0.1, 0.15) is 19.4 Å². The van der Waals surface area contributed by atoms with Gasteiger partial charge in [0, 0.05) is 10.4 Å². The van der Waals surface area contributed by atoms with E-state index in [4.69, 9.17) is 14.2 Å². The molecule has 0 heterocycles. The number of benzene rings is 3. The molecule has 150 valence electrons. The Morgan fingerprint density at radius 2 is 1.55 bits per heavy atom. The van der Waals surface area contributed by atoms with Crippen molar-refractivity contribution in [1.82, 2.24) is 0 Å². The molecule has 1 atom stereocenters. The fourth-order valence-electron chi connectivity index (χ4n) is 2.70. The van der Waals surface area contributed by atoms with Crippen molar-refractivity contribution in [3.05, 3.63) is 88.9 Å². The first kappa shape index (κ1) is 20.9. The Hall–Kier alpha value is -2.79. The monoisotopic (exact) mass is 454 g/mol. The van der Waals surface area contributed by atoms with Gasteiger partial charge in [-0.3, -0.25) is 0 Å². The second-order valence-corrected chi connectivity index (χ2v) is 7.83. The fraction of sp³-hybridized carbons (Fsp3) is 0.208. The molecule has 0 bridgehead atoms. The van der Waals surface area contributed by atoms with Gasteiger partial charge >= 0.3 is 5.97 Å². The van der Waals surface area contributed by atoms with Crippen LogP contribution < -0.4 is 9.47 Å². The minimum Gasteiger partial charge on any atom is -0.478 e. The number of esters is 1. The molecule has 0 spiro atoms. The van der Waals surface area contributed by atoms with Gasteiger partial charge in [0.2, 0.25) is 0 Å². The van der Waals surface area contributed by atoms with Gasteiger partial charge in [-0.15, -0.1) is 0 Å². The SMILES string of the molecule is CC(C)C(Oc1cccc(Br)c1)C(=O)OCc1cccc(Oc2ccccc2)c1. The Balaban J connectivity index is 1.61. The maximum Gasteiger partial charge on any atom is 0.347 e. The predicted octanol–water partition coefficient (Wildman–Crippen LogP) is 6.39. The van der Waals surface area contributed by atoms with Gasteiger partial charge in [0.25, 0.3) is 0 Å². The number of halogens is 1. The van der Waals surface area contributed by atoms with Crippen LogP contribution in [-0.4, -0.2) is 12.1 Å². The summed E-state index contributed by atoms with van der Waals surface area (Å²) >= 11 is 3.41. The second-order valence-electron chi connectivity index (χ2n) is 6.91. The molecule has 0 radical (unpaired) electrons. The van der Waals surface area contributed by atoms with Crippen molar-refractivity contribution in [2.45, 2.75) is 26.6 Å². The van der Waals surface area contributed by atoms with Gasteiger partial charge in [-0.25, -0.2) is 4.79 Å². The van der Waals surface area contributed by atoms with Crippen LogP contribution in [0.5, 0.6) is 17.2 Å². The van der Waals surface area contributed by atoms with Gasteiger partial charge in [0.1, 0.15) is 23.9 Å². The molecule has 0 aliphatic heterocycles. The molecule has 4 nitrogen and oxygen atoms in total. The van der Waals surface area contributed by atoms with Crippen molar-refractivity contribution in [2.75, 3.05) is 0 Å². The minimum absolute atomic E-state index is 0.0331. The van der Waals surface area contributed by atoms with Crippen molar-refractivity contribution in [3.8, 4) is 17.2 Å². The Labute approximate surface area is 179 Å². The van der Waals surface area contributed by atoms with Crippen LogP contribution in [0.15, 0.2) is 83.3 Å². The molecule has 3 rings (SSSR count). The Morgan fingerprint density at radius 3 is 2.28 bits per heavy atom. The van der Waals surface area contributed by atoms with Gasteiger partial charge in [-0.1, -0.05) is 66.2 Å². The fourth-order valence-corrected chi connectivity index (χ4v) is 3.08. The summed E-state index contributed by atoms with van der Waals surface area (Å²) in [5.74, 6) is 1.64. The summed E-state index contributed by atoms with van der Waals surface area (Å²) in [6, 6.07) is 24.4. The van der Waals surface area contributed by atoms with Crippen molar-refractivity contribution in [3.63, 3.8) is 0 Å². The zero-order valence-electron chi connectivity index (χ0n) is 16.4. The smallest absolute Gasteiger partial charge is 0.347 e. The summed E-state index contributed by atoms with van der Waals surface area (Å²) in [5, 5.41) is 0. The Kier molecular flexibility index (Phi) is 7.30. The molecule has 0 aliphatic carbocycles. The maximum absolute atomic E-state index is 12.6. The summed E-state index contributed by atoms with van der Waals surface area (Å²) in [7, 11) is 0. The van der Waals surface area contributed by atoms with Crippen molar-refractivity contribution < 1.29 is 19.0 Å². The lowest BCUT2D eigenvalue weighted by Crippen LogP contribution is -2.34. The topological polar surface area (TPSA) is 44.8 Å². The highest BCUT2D eigenvalue weighted by molar-refractivity contribution is 9.10.